The summed E-state index contributed by atoms with van der Waals surface area (Å²) < 4.78 is 10.6. The molecule has 0 atom stereocenters. The van der Waals surface area contributed by atoms with Gasteiger partial charge in [-0.15, -0.1) is 11.8 Å². The zero-order valence-electron chi connectivity index (χ0n) is 16.8. The van der Waals surface area contributed by atoms with Crippen molar-refractivity contribution >= 4 is 17.7 Å². The average molecular weight is 410 g/mol. The number of carbonyl (C=O) groups excluding carboxylic acids is 1. The Labute approximate surface area is 174 Å². The van der Waals surface area contributed by atoms with E-state index in [-0.39, 0.29) is 5.91 Å². The van der Waals surface area contributed by atoms with Crippen LogP contribution in [0.2, 0.25) is 0 Å². The van der Waals surface area contributed by atoms with E-state index < -0.39 is 0 Å². The number of carbonyl (C=O) groups is 1. The fourth-order valence-corrected chi connectivity index (χ4v) is 4.66. The van der Waals surface area contributed by atoms with Crippen LogP contribution in [0, 0.1) is 13.8 Å². The molecule has 0 saturated carbocycles. The van der Waals surface area contributed by atoms with Gasteiger partial charge in [0.1, 0.15) is 16.5 Å². The standard InChI is InChI=1S/C22H23N3O3S/c1-14-20(15(2)28-24-14)13-29-21-19(5-4-9-23-21)22(26)25-10-8-16-6-7-18(27-3)11-17(16)12-25/h4-7,9,11H,8,10,12-13H2,1-3H3. The first-order valence-electron chi connectivity index (χ1n) is 9.51. The molecule has 0 bridgehead atoms. The summed E-state index contributed by atoms with van der Waals surface area (Å²) in [6, 6.07) is 9.75. The Morgan fingerprint density at radius 3 is 2.90 bits per heavy atom. The van der Waals surface area contributed by atoms with Crippen LogP contribution in [0.3, 0.4) is 0 Å². The second-order valence-corrected chi connectivity index (χ2v) is 8.02. The summed E-state index contributed by atoms with van der Waals surface area (Å²) in [6.07, 6.45) is 2.57. The Balaban J connectivity index is 1.53. The van der Waals surface area contributed by atoms with Gasteiger partial charge < -0.3 is 14.2 Å². The first-order chi connectivity index (χ1) is 14.1. The largest absolute Gasteiger partial charge is 0.497 e. The smallest absolute Gasteiger partial charge is 0.256 e. The highest BCUT2D eigenvalue weighted by molar-refractivity contribution is 7.98. The molecule has 1 amide bonds. The van der Waals surface area contributed by atoms with Crippen LogP contribution in [-0.2, 0) is 18.7 Å². The van der Waals surface area contributed by atoms with Gasteiger partial charge in [0.15, 0.2) is 0 Å². The number of ether oxygens (including phenoxy) is 1. The number of thioether (sulfide) groups is 1. The predicted molar refractivity (Wildman–Crippen MR) is 111 cm³/mol. The van der Waals surface area contributed by atoms with E-state index in [1.807, 2.05) is 43.0 Å². The van der Waals surface area contributed by atoms with Crippen LogP contribution in [0.15, 0.2) is 46.1 Å². The monoisotopic (exact) mass is 409 g/mol. The molecule has 3 heterocycles. The number of hydrogen-bond donors (Lipinski definition) is 0. The van der Waals surface area contributed by atoms with Gasteiger partial charge in [-0.3, -0.25) is 4.79 Å². The minimum atomic E-state index is 0.00725. The molecule has 4 rings (SSSR count). The number of fused-ring (bicyclic) bond motifs is 1. The fourth-order valence-electron chi connectivity index (χ4n) is 3.52. The normalized spacial score (nSPS) is 13.3. The molecule has 0 aliphatic carbocycles. The highest BCUT2D eigenvalue weighted by Crippen LogP contribution is 2.30. The molecule has 6 nitrogen and oxygen atoms in total. The summed E-state index contributed by atoms with van der Waals surface area (Å²) in [7, 11) is 1.66. The highest BCUT2D eigenvalue weighted by Gasteiger charge is 2.25. The van der Waals surface area contributed by atoms with Gasteiger partial charge in [-0.2, -0.15) is 0 Å². The van der Waals surface area contributed by atoms with Crippen molar-refractivity contribution in [3.05, 3.63) is 70.2 Å². The van der Waals surface area contributed by atoms with E-state index in [4.69, 9.17) is 9.26 Å². The zero-order valence-corrected chi connectivity index (χ0v) is 17.6. The minimum Gasteiger partial charge on any atom is -0.497 e. The number of benzene rings is 1. The van der Waals surface area contributed by atoms with Crippen LogP contribution in [0.25, 0.3) is 0 Å². The second kappa shape index (κ2) is 8.29. The van der Waals surface area contributed by atoms with Crippen molar-refractivity contribution in [2.24, 2.45) is 0 Å². The highest BCUT2D eigenvalue weighted by atomic mass is 32.2. The van der Waals surface area contributed by atoms with Gasteiger partial charge in [0.05, 0.1) is 18.4 Å². The third-order valence-corrected chi connectivity index (χ3v) is 6.28. The van der Waals surface area contributed by atoms with Crippen molar-refractivity contribution in [1.82, 2.24) is 15.0 Å². The number of nitrogens with zero attached hydrogens (tertiary/aromatic N) is 3. The molecule has 1 aromatic carbocycles. The number of hydrogen-bond acceptors (Lipinski definition) is 6. The van der Waals surface area contributed by atoms with E-state index in [0.717, 1.165) is 39.8 Å². The van der Waals surface area contributed by atoms with E-state index in [1.165, 1.54) is 17.3 Å². The lowest BCUT2D eigenvalue weighted by atomic mass is 9.99. The SMILES string of the molecule is COc1ccc2c(c1)CN(C(=O)c1cccnc1SCc1c(C)noc1C)CC2. The Morgan fingerprint density at radius 2 is 2.14 bits per heavy atom. The molecular weight excluding hydrogens is 386 g/mol. The lowest BCUT2D eigenvalue weighted by molar-refractivity contribution is 0.0730. The van der Waals surface area contributed by atoms with Gasteiger partial charge in [0.2, 0.25) is 0 Å². The summed E-state index contributed by atoms with van der Waals surface area (Å²) in [6.45, 7) is 5.10. The van der Waals surface area contributed by atoms with Crippen molar-refractivity contribution in [2.75, 3.05) is 13.7 Å². The molecule has 1 aliphatic rings. The third kappa shape index (κ3) is 4.00. The molecule has 0 saturated heterocycles. The quantitative estimate of drug-likeness (QED) is 0.589. The maximum absolute atomic E-state index is 13.3. The summed E-state index contributed by atoms with van der Waals surface area (Å²) in [4.78, 5) is 19.6. The van der Waals surface area contributed by atoms with Crippen LogP contribution in [0.5, 0.6) is 5.75 Å². The van der Waals surface area contributed by atoms with Crippen molar-refractivity contribution in [2.45, 2.75) is 37.6 Å². The van der Waals surface area contributed by atoms with E-state index in [1.54, 1.807) is 13.3 Å². The number of pyridine rings is 1. The first kappa shape index (κ1) is 19.5. The molecule has 150 valence electrons. The maximum Gasteiger partial charge on any atom is 0.256 e. The number of aromatic nitrogens is 2. The number of methoxy groups -OCH3 is 1. The van der Waals surface area contributed by atoms with Crippen molar-refractivity contribution in [1.29, 1.82) is 0 Å². The molecule has 0 fully saturated rings. The van der Waals surface area contributed by atoms with Crippen LogP contribution in [-0.4, -0.2) is 34.6 Å². The Hall–Kier alpha value is -2.80. The van der Waals surface area contributed by atoms with Crippen molar-refractivity contribution in [3.8, 4) is 5.75 Å². The summed E-state index contributed by atoms with van der Waals surface area (Å²) in [5.74, 6) is 2.29. The van der Waals surface area contributed by atoms with Gasteiger partial charge in [-0.25, -0.2) is 4.98 Å². The molecule has 0 N–H and O–H groups in total. The fraction of sp³-hybridized carbons (Fsp3) is 0.318. The van der Waals surface area contributed by atoms with Gasteiger partial charge >= 0.3 is 0 Å². The van der Waals surface area contributed by atoms with Crippen molar-refractivity contribution < 1.29 is 14.1 Å². The summed E-state index contributed by atoms with van der Waals surface area (Å²) in [5.41, 5.74) is 4.97. The molecule has 29 heavy (non-hydrogen) atoms. The summed E-state index contributed by atoms with van der Waals surface area (Å²) in [5, 5.41) is 4.73. The van der Waals surface area contributed by atoms with Crippen LogP contribution >= 0.6 is 11.8 Å². The van der Waals surface area contributed by atoms with E-state index in [0.29, 0.717) is 24.4 Å². The summed E-state index contributed by atoms with van der Waals surface area (Å²) >= 11 is 1.54. The Morgan fingerprint density at radius 1 is 1.28 bits per heavy atom. The van der Waals surface area contributed by atoms with Crippen molar-refractivity contribution in [3.63, 3.8) is 0 Å². The Kier molecular flexibility index (Phi) is 5.58. The zero-order chi connectivity index (χ0) is 20.4. The number of amides is 1. The average Bonchev–Trinajstić information content (AvgIpc) is 3.08. The predicted octanol–water partition coefficient (Wildman–Crippen LogP) is 4.19. The lowest BCUT2D eigenvalue weighted by Gasteiger charge is -2.29. The van der Waals surface area contributed by atoms with Gasteiger partial charge in [-0.05, 0) is 55.7 Å². The van der Waals surface area contributed by atoms with Crippen LogP contribution in [0.4, 0.5) is 0 Å². The molecule has 2 aromatic heterocycles. The third-order valence-electron chi connectivity index (χ3n) is 5.25. The molecule has 7 heteroatoms. The Bertz CT molecular complexity index is 1030. The minimum absolute atomic E-state index is 0.00725. The van der Waals surface area contributed by atoms with E-state index >= 15 is 0 Å². The van der Waals surface area contributed by atoms with E-state index in [2.05, 4.69) is 16.2 Å². The number of rotatable bonds is 5. The van der Waals surface area contributed by atoms with Gasteiger partial charge in [0, 0.05) is 30.6 Å². The maximum atomic E-state index is 13.3. The topological polar surface area (TPSA) is 68.5 Å². The van der Waals surface area contributed by atoms with Crippen LogP contribution in [0.1, 0.15) is 38.5 Å². The number of aryl methyl sites for hydroxylation is 2. The molecule has 0 spiro atoms. The second-order valence-electron chi connectivity index (χ2n) is 7.06. The van der Waals surface area contributed by atoms with Crippen LogP contribution < -0.4 is 4.74 Å². The van der Waals surface area contributed by atoms with E-state index in [9.17, 15) is 4.79 Å². The van der Waals surface area contributed by atoms with Gasteiger partial charge in [0.25, 0.3) is 5.91 Å². The first-order valence-corrected chi connectivity index (χ1v) is 10.5. The molecular formula is C22H23N3O3S. The lowest BCUT2D eigenvalue weighted by Crippen LogP contribution is -2.36. The molecule has 1 aliphatic heterocycles. The molecule has 3 aromatic rings. The van der Waals surface area contributed by atoms with Gasteiger partial charge in [-0.1, -0.05) is 11.2 Å². The molecule has 0 unspecified atom stereocenters. The molecule has 0 radical (unpaired) electrons.